The summed E-state index contributed by atoms with van der Waals surface area (Å²) in [6, 6.07) is 83.4. The summed E-state index contributed by atoms with van der Waals surface area (Å²) in [4.78, 5) is 0. The fourth-order valence-electron chi connectivity index (χ4n) is 10.3. The van der Waals surface area contributed by atoms with E-state index in [1.165, 1.54) is 120 Å². The molecule has 1 aromatic heterocycles. The standard InChI is InChI=1S/C60H37N/c1-3-16-42-34-45(26-24-38(42)12-1)58-51-21-9-10-22-52(51)59(46-27-25-39-13-2-4-17-43(39)35-46)55-37-47(30-32-53(55)58)61-56-33-29-41-15-6-8-20-50(41)60(56)54-31-28-44(36-57(54)61)49-23-11-18-40-14-5-7-19-48(40)49/h1-37H. The van der Waals surface area contributed by atoms with Crippen molar-refractivity contribution in [1.29, 1.82) is 0 Å². The third kappa shape index (κ3) is 5.21. The summed E-state index contributed by atoms with van der Waals surface area (Å²) < 4.78 is 2.51. The van der Waals surface area contributed by atoms with Crippen molar-refractivity contribution in [3.05, 3.63) is 224 Å². The van der Waals surface area contributed by atoms with E-state index in [-0.39, 0.29) is 0 Å². The Morgan fingerprint density at radius 2 is 0.738 bits per heavy atom. The maximum absolute atomic E-state index is 2.51. The van der Waals surface area contributed by atoms with Crippen LogP contribution in [0.15, 0.2) is 224 Å². The van der Waals surface area contributed by atoms with Gasteiger partial charge in [0.05, 0.1) is 11.0 Å². The van der Waals surface area contributed by atoms with Crippen molar-refractivity contribution in [2.45, 2.75) is 0 Å². The first kappa shape index (κ1) is 33.9. The van der Waals surface area contributed by atoms with E-state index in [0.717, 1.165) is 5.69 Å². The zero-order valence-corrected chi connectivity index (χ0v) is 33.3. The molecule has 0 fully saturated rings. The molecule has 0 spiro atoms. The Balaban J connectivity index is 1.16. The van der Waals surface area contributed by atoms with Gasteiger partial charge in [0.25, 0.3) is 0 Å². The van der Waals surface area contributed by atoms with E-state index in [2.05, 4.69) is 229 Å². The number of aromatic nitrogens is 1. The van der Waals surface area contributed by atoms with Gasteiger partial charge >= 0.3 is 0 Å². The molecular weight excluding hydrogens is 735 g/mol. The maximum atomic E-state index is 2.51. The molecule has 282 valence electrons. The van der Waals surface area contributed by atoms with Gasteiger partial charge in [-0.3, -0.25) is 0 Å². The molecule has 0 amide bonds. The molecule has 1 heteroatoms. The van der Waals surface area contributed by atoms with Crippen LogP contribution < -0.4 is 0 Å². The van der Waals surface area contributed by atoms with E-state index in [1.807, 2.05) is 0 Å². The highest BCUT2D eigenvalue weighted by molar-refractivity contribution is 6.24. The van der Waals surface area contributed by atoms with Crippen LogP contribution in [0.1, 0.15) is 0 Å². The molecule has 1 nitrogen and oxygen atoms in total. The lowest BCUT2D eigenvalue weighted by molar-refractivity contribution is 1.19. The molecule has 0 aliphatic rings. The normalized spacial score (nSPS) is 11.9. The molecule has 0 radical (unpaired) electrons. The molecule has 0 aliphatic heterocycles. The van der Waals surface area contributed by atoms with E-state index in [1.54, 1.807) is 0 Å². The predicted octanol–water partition coefficient (Wildman–Crippen LogP) is 16.7. The molecule has 0 N–H and O–H groups in total. The van der Waals surface area contributed by atoms with Crippen LogP contribution in [0, 0.1) is 0 Å². The van der Waals surface area contributed by atoms with Crippen molar-refractivity contribution in [2.75, 3.05) is 0 Å². The third-order valence-corrected chi connectivity index (χ3v) is 13.1. The van der Waals surface area contributed by atoms with Gasteiger partial charge < -0.3 is 4.57 Å². The lowest BCUT2D eigenvalue weighted by atomic mass is 9.85. The Kier molecular flexibility index (Phi) is 7.37. The van der Waals surface area contributed by atoms with E-state index in [9.17, 15) is 0 Å². The smallest absolute Gasteiger partial charge is 0.0547 e. The SMILES string of the molecule is c1ccc2cc(-c3c4ccccc4c(-c4ccc5ccccc5c4)c4cc(-n5c6cc(-c7cccc8ccccc78)ccc6c6c7ccccc7ccc65)ccc34)ccc2c1. The Hall–Kier alpha value is -8.00. The minimum Gasteiger partial charge on any atom is -0.309 e. The number of rotatable bonds is 4. The Morgan fingerprint density at radius 1 is 0.246 bits per heavy atom. The van der Waals surface area contributed by atoms with Crippen LogP contribution >= 0.6 is 0 Å². The number of hydrogen-bond donors (Lipinski definition) is 0. The first-order valence-electron chi connectivity index (χ1n) is 21.2. The summed E-state index contributed by atoms with van der Waals surface area (Å²) in [6.45, 7) is 0. The molecule has 1 heterocycles. The monoisotopic (exact) mass is 771 g/mol. The molecule has 13 aromatic rings. The quantitative estimate of drug-likeness (QED) is 0.157. The topological polar surface area (TPSA) is 4.93 Å². The average molecular weight is 772 g/mol. The van der Waals surface area contributed by atoms with Crippen molar-refractivity contribution in [3.63, 3.8) is 0 Å². The van der Waals surface area contributed by atoms with Crippen LogP contribution in [0.2, 0.25) is 0 Å². The second-order valence-corrected chi connectivity index (χ2v) is 16.4. The highest BCUT2D eigenvalue weighted by Gasteiger charge is 2.21. The van der Waals surface area contributed by atoms with E-state index < -0.39 is 0 Å². The van der Waals surface area contributed by atoms with Crippen molar-refractivity contribution < 1.29 is 0 Å². The molecule has 61 heavy (non-hydrogen) atoms. The zero-order chi connectivity index (χ0) is 40.0. The second kappa shape index (κ2) is 13.3. The van der Waals surface area contributed by atoms with E-state index in [4.69, 9.17) is 0 Å². The molecular formula is C60H37N. The van der Waals surface area contributed by atoms with Crippen molar-refractivity contribution >= 4 is 86.4 Å². The van der Waals surface area contributed by atoms with Gasteiger partial charge in [0.1, 0.15) is 0 Å². The molecule has 0 unspecified atom stereocenters. The van der Waals surface area contributed by atoms with Gasteiger partial charge in [-0.15, -0.1) is 0 Å². The first-order valence-corrected chi connectivity index (χ1v) is 21.2. The first-order chi connectivity index (χ1) is 30.2. The Labute approximate surface area is 353 Å². The largest absolute Gasteiger partial charge is 0.309 e. The molecule has 0 saturated carbocycles. The fourth-order valence-corrected chi connectivity index (χ4v) is 10.3. The van der Waals surface area contributed by atoms with Gasteiger partial charge in [0.15, 0.2) is 0 Å². The minimum atomic E-state index is 1.14. The van der Waals surface area contributed by atoms with Crippen molar-refractivity contribution in [2.24, 2.45) is 0 Å². The third-order valence-electron chi connectivity index (χ3n) is 13.1. The van der Waals surface area contributed by atoms with Crippen molar-refractivity contribution in [3.8, 4) is 39.1 Å². The van der Waals surface area contributed by atoms with E-state index >= 15 is 0 Å². The molecule has 12 aromatic carbocycles. The second-order valence-electron chi connectivity index (χ2n) is 16.4. The van der Waals surface area contributed by atoms with Crippen molar-refractivity contribution in [1.82, 2.24) is 4.57 Å². The maximum Gasteiger partial charge on any atom is 0.0547 e. The van der Waals surface area contributed by atoms with Gasteiger partial charge in [-0.25, -0.2) is 0 Å². The van der Waals surface area contributed by atoms with Gasteiger partial charge in [0.2, 0.25) is 0 Å². The van der Waals surface area contributed by atoms with Crippen LogP contribution in [0.3, 0.4) is 0 Å². The summed E-state index contributed by atoms with van der Waals surface area (Å²) in [5, 5.41) is 17.5. The average Bonchev–Trinajstić information content (AvgIpc) is 3.66. The molecule has 0 aliphatic carbocycles. The zero-order valence-electron chi connectivity index (χ0n) is 33.3. The van der Waals surface area contributed by atoms with Gasteiger partial charge in [-0.2, -0.15) is 0 Å². The van der Waals surface area contributed by atoms with Gasteiger partial charge in [-0.1, -0.05) is 188 Å². The number of fused-ring (bicyclic) bond motifs is 10. The van der Waals surface area contributed by atoms with Gasteiger partial charge in [-0.05, 0) is 134 Å². The number of nitrogens with zero attached hydrogens (tertiary/aromatic N) is 1. The highest BCUT2D eigenvalue weighted by atomic mass is 15.0. The Bertz CT molecular complexity index is 3930. The summed E-state index contributed by atoms with van der Waals surface area (Å²) >= 11 is 0. The summed E-state index contributed by atoms with van der Waals surface area (Å²) in [5.74, 6) is 0. The lowest BCUT2D eigenvalue weighted by Gasteiger charge is -2.20. The molecule has 0 bridgehead atoms. The summed E-state index contributed by atoms with van der Waals surface area (Å²) in [7, 11) is 0. The predicted molar refractivity (Wildman–Crippen MR) is 262 cm³/mol. The van der Waals surface area contributed by atoms with E-state index in [0.29, 0.717) is 0 Å². The van der Waals surface area contributed by atoms with Crippen LogP contribution in [-0.2, 0) is 0 Å². The van der Waals surface area contributed by atoms with Crippen LogP contribution in [0.25, 0.3) is 126 Å². The Morgan fingerprint density at radius 3 is 1.43 bits per heavy atom. The van der Waals surface area contributed by atoms with Crippen LogP contribution in [0.5, 0.6) is 0 Å². The number of hydrogen-bond acceptors (Lipinski definition) is 0. The highest BCUT2D eigenvalue weighted by Crippen LogP contribution is 2.47. The molecule has 0 saturated heterocycles. The lowest BCUT2D eigenvalue weighted by Crippen LogP contribution is -1.97. The van der Waals surface area contributed by atoms with Crippen LogP contribution in [0.4, 0.5) is 0 Å². The number of benzene rings is 12. The van der Waals surface area contributed by atoms with Gasteiger partial charge in [0, 0.05) is 16.5 Å². The summed E-state index contributed by atoms with van der Waals surface area (Å²) in [5.41, 5.74) is 10.9. The minimum absolute atomic E-state index is 1.14. The van der Waals surface area contributed by atoms with Crippen LogP contribution in [-0.4, -0.2) is 4.57 Å². The summed E-state index contributed by atoms with van der Waals surface area (Å²) in [6.07, 6.45) is 0. The molecule has 13 rings (SSSR count). The fraction of sp³-hybridized carbons (Fsp3) is 0. The molecule has 0 atom stereocenters.